The molecule has 1 amide bonds. The zero-order valence-electron chi connectivity index (χ0n) is 16.8. The van der Waals surface area contributed by atoms with Crippen LogP contribution in [0.15, 0.2) is 42.5 Å². The van der Waals surface area contributed by atoms with Crippen molar-refractivity contribution in [2.45, 2.75) is 32.7 Å². The largest absolute Gasteiger partial charge is 0.350 e. The van der Waals surface area contributed by atoms with Crippen LogP contribution >= 0.6 is 11.6 Å². The molecule has 0 saturated carbocycles. The quantitative estimate of drug-likeness (QED) is 0.676. The highest BCUT2D eigenvalue weighted by atomic mass is 35.5. The van der Waals surface area contributed by atoms with Gasteiger partial charge in [0.25, 0.3) is 5.91 Å². The van der Waals surface area contributed by atoms with E-state index in [1.165, 1.54) is 12.8 Å². The fourth-order valence-electron chi connectivity index (χ4n) is 3.90. The molecule has 0 aliphatic carbocycles. The summed E-state index contributed by atoms with van der Waals surface area (Å²) in [6, 6.07) is 13.4. The maximum atomic E-state index is 12.9. The maximum absolute atomic E-state index is 12.9. The van der Waals surface area contributed by atoms with Gasteiger partial charge in [0, 0.05) is 17.1 Å². The monoisotopic (exact) mass is 408 g/mol. The zero-order chi connectivity index (χ0) is 20.4. The van der Waals surface area contributed by atoms with Crippen LogP contribution in [0, 0.1) is 13.8 Å². The summed E-state index contributed by atoms with van der Waals surface area (Å²) in [7, 11) is 0. The highest BCUT2D eigenvalue weighted by Crippen LogP contribution is 2.29. The van der Waals surface area contributed by atoms with Crippen molar-refractivity contribution < 1.29 is 4.79 Å². The molecule has 1 N–H and O–H groups in total. The number of hydrogen-bond acceptors (Lipinski definition) is 4. The second-order valence-corrected chi connectivity index (χ2v) is 8.00. The Hall–Kier alpha value is -2.50. The van der Waals surface area contributed by atoms with Crippen molar-refractivity contribution in [1.29, 1.82) is 0 Å². The molecule has 4 rings (SSSR count). The molecule has 0 bridgehead atoms. The van der Waals surface area contributed by atoms with Crippen molar-refractivity contribution in [2.75, 3.05) is 19.6 Å². The molecule has 0 radical (unpaired) electrons. The lowest BCUT2D eigenvalue weighted by atomic mass is 10.0. The van der Waals surface area contributed by atoms with Crippen LogP contribution in [0.1, 0.15) is 46.2 Å². The fraction of sp³-hybridized carbons (Fsp3) is 0.348. The third-order valence-electron chi connectivity index (χ3n) is 5.64. The minimum atomic E-state index is -0.108. The number of rotatable bonds is 5. The zero-order valence-corrected chi connectivity index (χ0v) is 17.5. The molecule has 1 aromatic heterocycles. The number of likely N-dealkylation sites (tertiary alicyclic amines) is 1. The summed E-state index contributed by atoms with van der Waals surface area (Å²) < 4.78 is 0. The van der Waals surface area contributed by atoms with Crippen molar-refractivity contribution >= 4 is 28.5 Å². The summed E-state index contributed by atoms with van der Waals surface area (Å²) in [5.41, 5.74) is 4.98. The van der Waals surface area contributed by atoms with Gasteiger partial charge in [-0.1, -0.05) is 29.8 Å². The summed E-state index contributed by atoms with van der Waals surface area (Å²) in [6.45, 7) is 6.43. The SMILES string of the molecule is Cc1nc2ccc(C(=O)NC[C@@H](c3ccccc3Cl)N3CCCC3)cc2nc1C. The molecule has 29 heavy (non-hydrogen) atoms. The van der Waals surface area contributed by atoms with Crippen LogP contribution in [0.25, 0.3) is 11.0 Å². The molecule has 2 heterocycles. The van der Waals surface area contributed by atoms with E-state index in [1.807, 2.05) is 56.3 Å². The van der Waals surface area contributed by atoms with Crippen LogP contribution in [0.2, 0.25) is 5.02 Å². The Morgan fingerprint density at radius 2 is 1.76 bits per heavy atom. The first kappa shape index (κ1) is 19.8. The molecule has 6 heteroatoms. The summed E-state index contributed by atoms with van der Waals surface area (Å²) >= 11 is 6.47. The molecule has 150 valence electrons. The lowest BCUT2D eigenvalue weighted by Crippen LogP contribution is -2.37. The molecule has 0 unspecified atom stereocenters. The van der Waals surface area contributed by atoms with E-state index in [9.17, 15) is 4.79 Å². The summed E-state index contributed by atoms with van der Waals surface area (Å²) in [4.78, 5) is 24.4. The normalized spacial score (nSPS) is 15.6. The number of carbonyl (C=O) groups excluding carboxylic acids is 1. The molecule has 2 aromatic carbocycles. The summed E-state index contributed by atoms with van der Waals surface area (Å²) in [6.07, 6.45) is 2.36. The molecular weight excluding hydrogens is 384 g/mol. The number of amides is 1. The van der Waals surface area contributed by atoms with Gasteiger partial charge >= 0.3 is 0 Å². The molecule has 5 nitrogen and oxygen atoms in total. The second kappa shape index (κ2) is 8.47. The number of hydrogen-bond donors (Lipinski definition) is 1. The minimum absolute atomic E-state index is 0.0697. The average Bonchev–Trinajstić information content (AvgIpc) is 3.24. The van der Waals surface area contributed by atoms with Crippen LogP contribution in [-0.2, 0) is 0 Å². The molecule has 1 aliphatic rings. The first-order valence-corrected chi connectivity index (χ1v) is 10.4. The molecule has 3 aromatic rings. The van der Waals surface area contributed by atoms with E-state index in [-0.39, 0.29) is 11.9 Å². The molecule has 1 fully saturated rings. The minimum Gasteiger partial charge on any atom is -0.350 e. The highest BCUT2D eigenvalue weighted by molar-refractivity contribution is 6.31. The number of halogens is 1. The molecular formula is C23H25ClN4O. The topological polar surface area (TPSA) is 58.1 Å². The van der Waals surface area contributed by atoms with Crippen molar-refractivity contribution in [3.05, 3.63) is 70.0 Å². The molecule has 1 atom stereocenters. The molecule has 0 spiro atoms. The summed E-state index contributed by atoms with van der Waals surface area (Å²) in [5.74, 6) is -0.108. The van der Waals surface area contributed by atoms with Gasteiger partial charge in [-0.25, -0.2) is 9.97 Å². The number of carbonyl (C=O) groups is 1. The number of nitrogens with one attached hydrogen (secondary N) is 1. The van der Waals surface area contributed by atoms with E-state index < -0.39 is 0 Å². The van der Waals surface area contributed by atoms with E-state index in [4.69, 9.17) is 11.6 Å². The lowest BCUT2D eigenvalue weighted by Gasteiger charge is -2.29. The highest BCUT2D eigenvalue weighted by Gasteiger charge is 2.25. The van der Waals surface area contributed by atoms with E-state index in [0.717, 1.165) is 46.1 Å². The predicted molar refractivity (Wildman–Crippen MR) is 116 cm³/mol. The number of aryl methyl sites for hydroxylation is 2. The maximum Gasteiger partial charge on any atom is 0.251 e. The van der Waals surface area contributed by atoms with Crippen molar-refractivity contribution in [2.24, 2.45) is 0 Å². The third-order valence-corrected chi connectivity index (χ3v) is 5.98. The third kappa shape index (κ3) is 4.26. The average molecular weight is 409 g/mol. The van der Waals surface area contributed by atoms with E-state index in [2.05, 4.69) is 20.2 Å². The molecule has 1 saturated heterocycles. The molecule has 1 aliphatic heterocycles. The van der Waals surface area contributed by atoms with Gasteiger partial charge in [-0.05, 0) is 69.6 Å². The smallest absolute Gasteiger partial charge is 0.251 e. The second-order valence-electron chi connectivity index (χ2n) is 7.59. The van der Waals surface area contributed by atoms with Crippen molar-refractivity contribution in [3.8, 4) is 0 Å². The van der Waals surface area contributed by atoms with Gasteiger partial charge in [0.15, 0.2) is 0 Å². The van der Waals surface area contributed by atoms with E-state index in [0.29, 0.717) is 12.1 Å². The Balaban J connectivity index is 1.54. The van der Waals surface area contributed by atoms with Crippen LogP contribution < -0.4 is 5.32 Å². The van der Waals surface area contributed by atoms with Crippen LogP contribution in [0.5, 0.6) is 0 Å². The van der Waals surface area contributed by atoms with Gasteiger partial charge in [0.05, 0.1) is 28.5 Å². The summed E-state index contributed by atoms with van der Waals surface area (Å²) in [5, 5.41) is 3.85. The van der Waals surface area contributed by atoms with E-state index in [1.54, 1.807) is 0 Å². The first-order chi connectivity index (χ1) is 14.0. The van der Waals surface area contributed by atoms with Gasteiger partial charge < -0.3 is 5.32 Å². The van der Waals surface area contributed by atoms with Gasteiger partial charge in [-0.2, -0.15) is 0 Å². The van der Waals surface area contributed by atoms with Gasteiger partial charge in [0.2, 0.25) is 0 Å². The van der Waals surface area contributed by atoms with Crippen molar-refractivity contribution in [3.63, 3.8) is 0 Å². The van der Waals surface area contributed by atoms with Gasteiger partial charge in [-0.3, -0.25) is 9.69 Å². The number of fused-ring (bicyclic) bond motifs is 1. The lowest BCUT2D eigenvalue weighted by molar-refractivity contribution is 0.0938. The Morgan fingerprint density at radius 3 is 2.48 bits per heavy atom. The fourth-order valence-corrected chi connectivity index (χ4v) is 4.16. The Morgan fingerprint density at radius 1 is 1.07 bits per heavy atom. The first-order valence-electron chi connectivity index (χ1n) is 10.0. The van der Waals surface area contributed by atoms with Gasteiger partial charge in [0.1, 0.15) is 0 Å². The number of benzene rings is 2. The van der Waals surface area contributed by atoms with Crippen LogP contribution in [0.4, 0.5) is 0 Å². The van der Waals surface area contributed by atoms with Crippen LogP contribution in [-0.4, -0.2) is 40.4 Å². The number of nitrogens with zero attached hydrogens (tertiary/aromatic N) is 3. The number of aromatic nitrogens is 2. The van der Waals surface area contributed by atoms with E-state index >= 15 is 0 Å². The Labute approximate surface area is 176 Å². The standard InChI is InChI=1S/C23H25ClN4O/c1-15-16(2)27-21-13-17(9-10-20(21)26-15)23(29)25-14-22(28-11-5-6-12-28)18-7-3-4-8-19(18)24/h3-4,7-10,13,22H,5-6,11-12,14H2,1-2H3,(H,25,29)/t22-/m0/s1. The van der Waals surface area contributed by atoms with Crippen LogP contribution in [0.3, 0.4) is 0 Å². The predicted octanol–water partition coefficient (Wildman–Crippen LogP) is 4.47. The van der Waals surface area contributed by atoms with Crippen molar-refractivity contribution in [1.82, 2.24) is 20.2 Å². The Kier molecular flexibility index (Phi) is 5.79. The Bertz CT molecular complexity index is 1050. The van der Waals surface area contributed by atoms with Gasteiger partial charge in [-0.15, -0.1) is 0 Å².